The fourth-order valence-electron chi connectivity index (χ4n) is 3.45. The van der Waals surface area contributed by atoms with Crippen LogP contribution in [0.4, 0.5) is 0 Å². The van der Waals surface area contributed by atoms with Gasteiger partial charge in [0.1, 0.15) is 5.75 Å². The molecular formula is C14H19NO. The first-order chi connectivity index (χ1) is 7.79. The summed E-state index contributed by atoms with van der Waals surface area (Å²) in [6.07, 6.45) is 2.51. The molecule has 16 heavy (non-hydrogen) atoms. The molecule has 1 aliphatic carbocycles. The highest BCUT2D eigenvalue weighted by Crippen LogP contribution is 2.43. The maximum atomic E-state index is 5.47. The molecule has 1 aromatic rings. The number of hydrogen-bond acceptors (Lipinski definition) is 2. The zero-order valence-corrected chi connectivity index (χ0v) is 10.1. The van der Waals surface area contributed by atoms with Crippen molar-refractivity contribution in [2.75, 3.05) is 27.2 Å². The number of benzene rings is 1. The van der Waals surface area contributed by atoms with E-state index in [-0.39, 0.29) is 0 Å². The molecule has 0 N–H and O–H groups in total. The molecule has 0 amide bonds. The van der Waals surface area contributed by atoms with Gasteiger partial charge in [-0.15, -0.1) is 0 Å². The molecule has 2 atom stereocenters. The van der Waals surface area contributed by atoms with E-state index < -0.39 is 0 Å². The minimum atomic E-state index is 0.740. The van der Waals surface area contributed by atoms with Gasteiger partial charge in [-0.2, -0.15) is 0 Å². The third-order valence-corrected chi connectivity index (χ3v) is 4.18. The zero-order chi connectivity index (χ0) is 11.1. The van der Waals surface area contributed by atoms with E-state index in [1.54, 1.807) is 12.7 Å². The number of hydrogen-bond donors (Lipinski definition) is 0. The van der Waals surface area contributed by atoms with Gasteiger partial charge in [-0.3, -0.25) is 0 Å². The Morgan fingerprint density at radius 3 is 3.00 bits per heavy atom. The lowest BCUT2D eigenvalue weighted by Gasteiger charge is -2.28. The van der Waals surface area contributed by atoms with Gasteiger partial charge in [0, 0.05) is 19.0 Å². The van der Waals surface area contributed by atoms with Crippen LogP contribution in [0.15, 0.2) is 18.2 Å². The lowest BCUT2D eigenvalue weighted by molar-refractivity contribution is 0.379. The Labute approximate surface area is 97.2 Å². The smallest absolute Gasteiger partial charge is 0.122 e. The van der Waals surface area contributed by atoms with Crippen molar-refractivity contribution in [2.24, 2.45) is 5.92 Å². The fourth-order valence-corrected chi connectivity index (χ4v) is 3.45. The first-order valence-corrected chi connectivity index (χ1v) is 6.14. The van der Waals surface area contributed by atoms with E-state index in [1.165, 1.54) is 31.5 Å². The number of ether oxygens (including phenoxy) is 1. The largest absolute Gasteiger partial charge is 0.496 e. The lowest BCUT2D eigenvalue weighted by Crippen LogP contribution is -2.19. The number of fused-ring (bicyclic) bond motifs is 3. The second kappa shape index (κ2) is 3.77. The van der Waals surface area contributed by atoms with E-state index >= 15 is 0 Å². The Balaban J connectivity index is 2.03. The van der Waals surface area contributed by atoms with Crippen molar-refractivity contribution in [1.82, 2.24) is 4.90 Å². The second-order valence-corrected chi connectivity index (χ2v) is 5.15. The highest BCUT2D eigenvalue weighted by Gasteiger charge is 2.36. The van der Waals surface area contributed by atoms with Crippen molar-refractivity contribution in [3.8, 4) is 5.75 Å². The van der Waals surface area contributed by atoms with Gasteiger partial charge in [-0.1, -0.05) is 12.1 Å². The molecule has 86 valence electrons. The number of likely N-dealkylation sites (tertiary alicyclic amines) is 1. The van der Waals surface area contributed by atoms with Gasteiger partial charge in [0.2, 0.25) is 0 Å². The number of nitrogens with zero attached hydrogens (tertiary/aromatic N) is 1. The third-order valence-electron chi connectivity index (χ3n) is 4.18. The molecule has 0 aromatic heterocycles. The van der Waals surface area contributed by atoms with Crippen LogP contribution in [0.25, 0.3) is 0 Å². The van der Waals surface area contributed by atoms with Crippen molar-refractivity contribution >= 4 is 0 Å². The summed E-state index contributed by atoms with van der Waals surface area (Å²) in [4.78, 5) is 2.46. The average molecular weight is 217 g/mol. The second-order valence-electron chi connectivity index (χ2n) is 5.15. The van der Waals surface area contributed by atoms with E-state index in [1.807, 2.05) is 0 Å². The van der Waals surface area contributed by atoms with Crippen molar-refractivity contribution in [1.29, 1.82) is 0 Å². The number of rotatable bonds is 1. The first kappa shape index (κ1) is 10.2. The van der Waals surface area contributed by atoms with E-state index in [0.29, 0.717) is 0 Å². The molecule has 0 bridgehead atoms. The van der Waals surface area contributed by atoms with Gasteiger partial charge in [0.05, 0.1) is 7.11 Å². The number of likely N-dealkylation sites (N-methyl/N-ethyl adjacent to an activating group) is 1. The molecule has 2 unspecified atom stereocenters. The van der Waals surface area contributed by atoms with Crippen LogP contribution in [0, 0.1) is 5.92 Å². The molecule has 1 heterocycles. The number of methoxy groups -OCH3 is 1. The molecule has 2 aliphatic rings. The maximum absolute atomic E-state index is 5.47. The molecule has 0 spiro atoms. The maximum Gasteiger partial charge on any atom is 0.122 e. The van der Waals surface area contributed by atoms with Gasteiger partial charge in [-0.25, -0.2) is 0 Å². The molecular weight excluding hydrogens is 198 g/mol. The molecule has 1 aromatic carbocycles. The van der Waals surface area contributed by atoms with E-state index in [2.05, 4.69) is 30.1 Å². The summed E-state index contributed by atoms with van der Waals surface area (Å²) in [5.41, 5.74) is 3.00. The van der Waals surface area contributed by atoms with Crippen LogP contribution in [0.1, 0.15) is 23.5 Å². The van der Waals surface area contributed by atoms with Crippen LogP contribution in [-0.2, 0) is 6.42 Å². The molecule has 1 aliphatic heterocycles. The molecule has 2 heteroatoms. The molecule has 0 saturated carbocycles. The highest BCUT2D eigenvalue weighted by atomic mass is 16.5. The van der Waals surface area contributed by atoms with Gasteiger partial charge < -0.3 is 9.64 Å². The summed E-state index contributed by atoms with van der Waals surface area (Å²) < 4.78 is 5.47. The van der Waals surface area contributed by atoms with Gasteiger partial charge in [-0.05, 0) is 43.0 Å². The summed E-state index contributed by atoms with van der Waals surface area (Å²) in [5.74, 6) is 2.69. The van der Waals surface area contributed by atoms with Crippen molar-refractivity contribution in [3.63, 3.8) is 0 Å². The highest BCUT2D eigenvalue weighted by molar-refractivity contribution is 5.44. The van der Waals surface area contributed by atoms with E-state index in [4.69, 9.17) is 4.74 Å². The van der Waals surface area contributed by atoms with Crippen molar-refractivity contribution in [3.05, 3.63) is 29.3 Å². The molecule has 3 rings (SSSR count). The molecule has 1 fully saturated rings. The normalized spacial score (nSPS) is 28.6. The zero-order valence-electron chi connectivity index (χ0n) is 10.1. The fraction of sp³-hybridized carbons (Fsp3) is 0.571. The van der Waals surface area contributed by atoms with Crippen molar-refractivity contribution < 1.29 is 4.74 Å². The standard InChI is InChI=1S/C14H19NO/c1-15-8-10-6-7-12-11(13(10)9-15)4-3-5-14(12)16-2/h3-5,10,13H,6-9H2,1-2H3. The first-order valence-electron chi connectivity index (χ1n) is 6.14. The Morgan fingerprint density at radius 1 is 1.31 bits per heavy atom. The van der Waals surface area contributed by atoms with Crippen LogP contribution in [0.2, 0.25) is 0 Å². The monoisotopic (exact) mass is 217 g/mol. The van der Waals surface area contributed by atoms with Gasteiger partial charge in [0.15, 0.2) is 0 Å². The van der Waals surface area contributed by atoms with Crippen LogP contribution in [0.5, 0.6) is 5.75 Å². The molecule has 2 nitrogen and oxygen atoms in total. The van der Waals surface area contributed by atoms with Crippen LogP contribution >= 0.6 is 0 Å². The minimum absolute atomic E-state index is 0.740. The van der Waals surface area contributed by atoms with Crippen LogP contribution in [-0.4, -0.2) is 32.1 Å². The lowest BCUT2D eigenvalue weighted by atomic mass is 9.77. The molecule has 1 saturated heterocycles. The minimum Gasteiger partial charge on any atom is -0.496 e. The average Bonchev–Trinajstić information content (AvgIpc) is 2.69. The Morgan fingerprint density at radius 2 is 2.19 bits per heavy atom. The Kier molecular flexibility index (Phi) is 2.40. The van der Waals surface area contributed by atoms with E-state index in [0.717, 1.165) is 17.6 Å². The summed E-state index contributed by atoms with van der Waals surface area (Å²) in [5, 5.41) is 0. The molecule has 0 radical (unpaired) electrons. The van der Waals surface area contributed by atoms with Gasteiger partial charge >= 0.3 is 0 Å². The SMILES string of the molecule is COc1cccc2c1CCC1CN(C)CC21. The third kappa shape index (κ3) is 1.44. The van der Waals surface area contributed by atoms with Crippen LogP contribution < -0.4 is 4.74 Å². The Bertz CT molecular complexity index is 402. The summed E-state index contributed by atoms with van der Waals surface area (Å²) in [6, 6.07) is 6.53. The van der Waals surface area contributed by atoms with Gasteiger partial charge in [0.25, 0.3) is 0 Å². The quantitative estimate of drug-likeness (QED) is 0.715. The summed E-state index contributed by atoms with van der Waals surface area (Å²) in [7, 11) is 4.01. The summed E-state index contributed by atoms with van der Waals surface area (Å²) in [6.45, 7) is 2.48. The topological polar surface area (TPSA) is 12.5 Å². The predicted octanol–water partition coefficient (Wildman–Crippen LogP) is 2.29. The Hall–Kier alpha value is -1.02. The van der Waals surface area contributed by atoms with Crippen molar-refractivity contribution in [2.45, 2.75) is 18.8 Å². The van der Waals surface area contributed by atoms with E-state index in [9.17, 15) is 0 Å². The summed E-state index contributed by atoms with van der Waals surface area (Å²) >= 11 is 0. The van der Waals surface area contributed by atoms with Crippen LogP contribution in [0.3, 0.4) is 0 Å². The predicted molar refractivity (Wildman–Crippen MR) is 65.0 cm³/mol.